The molecule has 0 amide bonds. The Kier molecular flexibility index (Phi) is 3.28. The van der Waals surface area contributed by atoms with Gasteiger partial charge in [-0.15, -0.1) is 0 Å². The number of fused-ring (bicyclic) bond motifs is 1. The van der Waals surface area contributed by atoms with Crippen molar-refractivity contribution in [3.8, 4) is 5.75 Å². The van der Waals surface area contributed by atoms with Gasteiger partial charge in [-0.1, -0.05) is 28.1 Å². The van der Waals surface area contributed by atoms with Crippen LogP contribution in [0.2, 0.25) is 0 Å². The molecule has 0 unspecified atom stereocenters. The van der Waals surface area contributed by atoms with Crippen LogP contribution in [0, 0.1) is 0 Å². The second-order valence-electron chi connectivity index (χ2n) is 4.42. The Morgan fingerprint density at radius 2 is 2.05 bits per heavy atom. The second-order valence-corrected chi connectivity index (χ2v) is 5.34. The highest BCUT2D eigenvalue weighted by molar-refractivity contribution is 9.10. The Morgan fingerprint density at radius 3 is 2.85 bits per heavy atom. The van der Waals surface area contributed by atoms with Gasteiger partial charge in [0.25, 0.3) is 0 Å². The summed E-state index contributed by atoms with van der Waals surface area (Å²) in [4.78, 5) is 8.82. The number of aliphatic imine (C=N–C) groups is 1. The first-order chi connectivity index (χ1) is 9.65. The van der Waals surface area contributed by atoms with E-state index in [9.17, 15) is 5.11 Å². The van der Waals surface area contributed by atoms with Crippen molar-refractivity contribution < 1.29 is 5.11 Å². The van der Waals surface area contributed by atoms with Gasteiger partial charge >= 0.3 is 0 Å². The van der Waals surface area contributed by atoms with E-state index in [-0.39, 0.29) is 5.75 Å². The fraction of sp³-hybridized carbons (Fsp3) is 0.0667. The van der Waals surface area contributed by atoms with Crippen LogP contribution in [-0.4, -0.2) is 20.9 Å². The lowest BCUT2D eigenvalue weighted by molar-refractivity contribution is 0.474. The molecule has 0 radical (unpaired) electrons. The largest absolute Gasteiger partial charge is 0.507 e. The Hall–Kier alpha value is -2.14. The van der Waals surface area contributed by atoms with Crippen molar-refractivity contribution >= 4 is 39.1 Å². The SMILES string of the molecule is Cn1c(/N=C/c2ccccc2O)nc2ccc(Br)cc21. The number of aromatic hydroxyl groups is 1. The fourth-order valence-corrected chi connectivity index (χ4v) is 2.34. The molecule has 100 valence electrons. The molecule has 0 bridgehead atoms. The molecule has 5 heteroatoms. The van der Waals surface area contributed by atoms with E-state index in [1.165, 1.54) is 0 Å². The van der Waals surface area contributed by atoms with Crippen molar-refractivity contribution in [2.75, 3.05) is 0 Å². The predicted octanol–water partition coefficient (Wildman–Crippen LogP) is 3.79. The lowest BCUT2D eigenvalue weighted by Crippen LogP contribution is -1.88. The molecule has 0 atom stereocenters. The Balaban J connectivity index is 2.03. The quantitative estimate of drug-likeness (QED) is 0.727. The van der Waals surface area contributed by atoms with Crippen LogP contribution in [0.4, 0.5) is 5.95 Å². The minimum atomic E-state index is 0.206. The van der Waals surface area contributed by atoms with Crippen LogP contribution in [0.1, 0.15) is 5.56 Å². The Bertz CT molecular complexity index is 808. The molecule has 0 aliphatic carbocycles. The number of halogens is 1. The van der Waals surface area contributed by atoms with Gasteiger partial charge in [-0.3, -0.25) is 0 Å². The van der Waals surface area contributed by atoms with Gasteiger partial charge in [0, 0.05) is 23.3 Å². The summed E-state index contributed by atoms with van der Waals surface area (Å²) in [5.74, 6) is 0.805. The summed E-state index contributed by atoms with van der Waals surface area (Å²) in [6.07, 6.45) is 1.62. The smallest absolute Gasteiger partial charge is 0.230 e. The van der Waals surface area contributed by atoms with Crippen LogP contribution in [0.25, 0.3) is 11.0 Å². The number of phenolic OH excluding ortho intramolecular Hbond substituents is 1. The maximum absolute atomic E-state index is 9.71. The van der Waals surface area contributed by atoms with E-state index in [2.05, 4.69) is 25.9 Å². The Morgan fingerprint density at radius 1 is 1.25 bits per heavy atom. The summed E-state index contributed by atoms with van der Waals surface area (Å²) < 4.78 is 2.92. The topological polar surface area (TPSA) is 50.4 Å². The first-order valence-corrected chi connectivity index (χ1v) is 6.88. The van der Waals surface area contributed by atoms with E-state index >= 15 is 0 Å². The van der Waals surface area contributed by atoms with Crippen LogP contribution in [-0.2, 0) is 7.05 Å². The summed E-state index contributed by atoms with van der Waals surface area (Å²) in [6, 6.07) is 13.0. The number of para-hydroxylation sites is 1. The van der Waals surface area contributed by atoms with Gasteiger partial charge in [-0.05, 0) is 30.3 Å². The highest BCUT2D eigenvalue weighted by atomic mass is 79.9. The van der Waals surface area contributed by atoms with Crippen molar-refractivity contribution in [3.63, 3.8) is 0 Å². The fourth-order valence-electron chi connectivity index (χ4n) is 1.99. The molecular formula is C15H12BrN3O. The van der Waals surface area contributed by atoms with Gasteiger partial charge < -0.3 is 9.67 Å². The number of hydrogen-bond acceptors (Lipinski definition) is 3. The summed E-state index contributed by atoms with van der Waals surface area (Å²) in [5, 5.41) is 9.71. The van der Waals surface area contributed by atoms with E-state index in [0.29, 0.717) is 11.5 Å². The number of aromatic nitrogens is 2. The molecule has 2 aromatic carbocycles. The molecule has 0 spiro atoms. The van der Waals surface area contributed by atoms with Crippen LogP contribution >= 0.6 is 15.9 Å². The van der Waals surface area contributed by atoms with E-state index in [4.69, 9.17) is 0 Å². The molecule has 3 aromatic rings. The van der Waals surface area contributed by atoms with Crippen molar-refractivity contribution in [3.05, 3.63) is 52.5 Å². The first kappa shape index (κ1) is 12.9. The molecule has 0 saturated carbocycles. The number of benzene rings is 2. The van der Waals surface area contributed by atoms with E-state index in [0.717, 1.165) is 15.5 Å². The lowest BCUT2D eigenvalue weighted by Gasteiger charge is -1.98. The maximum Gasteiger partial charge on any atom is 0.230 e. The van der Waals surface area contributed by atoms with Gasteiger partial charge in [-0.25, -0.2) is 9.98 Å². The number of rotatable bonds is 2. The third-order valence-electron chi connectivity index (χ3n) is 3.08. The minimum absolute atomic E-state index is 0.206. The predicted molar refractivity (Wildman–Crippen MR) is 83.8 cm³/mol. The highest BCUT2D eigenvalue weighted by Gasteiger charge is 2.06. The van der Waals surface area contributed by atoms with E-state index in [1.807, 2.05) is 35.9 Å². The lowest BCUT2D eigenvalue weighted by atomic mass is 10.2. The number of hydrogen-bond donors (Lipinski definition) is 1. The highest BCUT2D eigenvalue weighted by Crippen LogP contribution is 2.24. The summed E-state index contributed by atoms with van der Waals surface area (Å²) in [7, 11) is 1.92. The molecule has 0 saturated heterocycles. The molecule has 1 heterocycles. The average Bonchev–Trinajstić information content (AvgIpc) is 2.75. The molecule has 0 aliphatic rings. The molecule has 1 aromatic heterocycles. The van der Waals surface area contributed by atoms with Gasteiger partial charge in [0.1, 0.15) is 5.75 Å². The van der Waals surface area contributed by atoms with Crippen molar-refractivity contribution in [2.45, 2.75) is 0 Å². The maximum atomic E-state index is 9.71. The van der Waals surface area contributed by atoms with Gasteiger partial charge in [0.15, 0.2) is 0 Å². The minimum Gasteiger partial charge on any atom is -0.507 e. The molecular weight excluding hydrogens is 318 g/mol. The monoisotopic (exact) mass is 329 g/mol. The summed E-state index contributed by atoms with van der Waals surface area (Å²) >= 11 is 3.45. The molecule has 4 nitrogen and oxygen atoms in total. The van der Waals surface area contributed by atoms with E-state index < -0.39 is 0 Å². The second kappa shape index (κ2) is 5.09. The first-order valence-electron chi connectivity index (χ1n) is 6.09. The van der Waals surface area contributed by atoms with Gasteiger partial charge in [0.05, 0.1) is 11.0 Å². The molecule has 1 N–H and O–H groups in total. The molecule has 20 heavy (non-hydrogen) atoms. The average molecular weight is 330 g/mol. The zero-order chi connectivity index (χ0) is 14.1. The van der Waals surface area contributed by atoms with Crippen molar-refractivity contribution in [1.29, 1.82) is 0 Å². The summed E-state index contributed by atoms with van der Waals surface area (Å²) in [5.41, 5.74) is 2.56. The van der Waals surface area contributed by atoms with Crippen LogP contribution in [0.5, 0.6) is 5.75 Å². The number of aryl methyl sites for hydroxylation is 1. The van der Waals surface area contributed by atoms with E-state index in [1.54, 1.807) is 24.4 Å². The standard InChI is InChI=1S/C15H12BrN3O/c1-19-13-8-11(16)6-7-12(13)18-15(19)17-9-10-4-2-3-5-14(10)20/h2-9,20H,1H3/b17-9+. The molecule has 3 rings (SSSR count). The summed E-state index contributed by atoms with van der Waals surface area (Å²) in [6.45, 7) is 0. The van der Waals surface area contributed by atoms with Crippen molar-refractivity contribution in [1.82, 2.24) is 9.55 Å². The zero-order valence-corrected chi connectivity index (χ0v) is 12.4. The van der Waals surface area contributed by atoms with Crippen LogP contribution in [0.3, 0.4) is 0 Å². The third kappa shape index (κ3) is 2.32. The van der Waals surface area contributed by atoms with Crippen LogP contribution in [0.15, 0.2) is 51.9 Å². The van der Waals surface area contributed by atoms with Gasteiger partial charge in [-0.2, -0.15) is 0 Å². The third-order valence-corrected chi connectivity index (χ3v) is 3.57. The number of nitrogens with zero attached hydrogens (tertiary/aromatic N) is 3. The zero-order valence-electron chi connectivity index (χ0n) is 10.8. The number of imidazole rings is 1. The van der Waals surface area contributed by atoms with Gasteiger partial charge in [0.2, 0.25) is 5.95 Å². The normalized spacial score (nSPS) is 11.5. The molecule has 0 fully saturated rings. The number of phenols is 1. The van der Waals surface area contributed by atoms with Crippen molar-refractivity contribution in [2.24, 2.45) is 12.0 Å². The molecule has 0 aliphatic heterocycles. The Labute approximate surface area is 124 Å². The van der Waals surface area contributed by atoms with Crippen LogP contribution < -0.4 is 0 Å².